The smallest absolute Gasteiger partial charge is 0.263 e. The average molecular weight is 307 g/mol. The largest absolute Gasteiger partial charge is 0.397 e. The number of hydrogen-bond donors (Lipinski definition) is 3. The molecule has 0 saturated heterocycles. The van der Waals surface area contributed by atoms with E-state index in [1.165, 1.54) is 17.4 Å². The zero-order chi connectivity index (χ0) is 15.0. The van der Waals surface area contributed by atoms with Gasteiger partial charge in [-0.3, -0.25) is 4.79 Å². The number of carbonyl (C=O) groups is 1. The molecule has 112 valence electrons. The summed E-state index contributed by atoms with van der Waals surface area (Å²) in [5.41, 5.74) is 12.2. The van der Waals surface area contributed by atoms with Gasteiger partial charge in [0, 0.05) is 16.8 Å². The molecule has 1 aliphatic carbocycles. The number of nitrogen functional groups attached to an aromatic ring is 1. The van der Waals surface area contributed by atoms with Gasteiger partial charge in [0.25, 0.3) is 5.91 Å². The van der Waals surface area contributed by atoms with E-state index in [9.17, 15) is 9.18 Å². The van der Waals surface area contributed by atoms with Crippen molar-refractivity contribution in [3.63, 3.8) is 0 Å². The molecule has 6 heteroatoms. The van der Waals surface area contributed by atoms with Gasteiger partial charge in [-0.2, -0.15) is 0 Å². The molecule has 2 aromatic rings. The molecule has 0 bridgehead atoms. The summed E-state index contributed by atoms with van der Waals surface area (Å²) < 4.78 is 14.5. The van der Waals surface area contributed by atoms with Crippen LogP contribution in [0.15, 0.2) is 18.2 Å². The zero-order valence-electron chi connectivity index (χ0n) is 11.6. The number of anilines is 1. The predicted octanol–water partition coefficient (Wildman–Crippen LogP) is 2.62. The maximum Gasteiger partial charge on any atom is 0.263 e. The lowest BCUT2D eigenvalue weighted by Gasteiger charge is -2.29. The van der Waals surface area contributed by atoms with E-state index < -0.39 is 5.82 Å². The fraction of sp³-hybridized carbons (Fsp3) is 0.400. The lowest BCUT2D eigenvalue weighted by molar-refractivity contribution is 0.0926. The second kappa shape index (κ2) is 5.61. The van der Waals surface area contributed by atoms with Gasteiger partial charge in [0.05, 0.1) is 11.1 Å². The number of fused-ring (bicyclic) bond motifs is 1. The Balaban J connectivity index is 1.88. The van der Waals surface area contributed by atoms with Crippen LogP contribution in [0.4, 0.5) is 10.1 Å². The minimum absolute atomic E-state index is 0.0185. The monoisotopic (exact) mass is 307 g/mol. The van der Waals surface area contributed by atoms with Crippen LogP contribution in [-0.4, -0.2) is 18.0 Å². The van der Waals surface area contributed by atoms with Gasteiger partial charge < -0.3 is 16.8 Å². The molecule has 4 nitrogen and oxygen atoms in total. The molecule has 1 aromatic heterocycles. The van der Waals surface area contributed by atoms with E-state index in [1.807, 2.05) is 0 Å². The average Bonchev–Trinajstić information content (AvgIpc) is 2.80. The number of benzene rings is 1. The Morgan fingerprint density at radius 1 is 1.33 bits per heavy atom. The molecule has 0 spiro atoms. The van der Waals surface area contributed by atoms with Crippen molar-refractivity contribution in [2.45, 2.75) is 37.8 Å². The Morgan fingerprint density at radius 2 is 2.10 bits per heavy atom. The number of carbonyl (C=O) groups excluding carboxylic acids is 1. The number of hydrogen-bond acceptors (Lipinski definition) is 4. The highest BCUT2D eigenvalue weighted by molar-refractivity contribution is 7.21. The number of rotatable bonds is 2. The first-order chi connectivity index (χ1) is 10.1. The van der Waals surface area contributed by atoms with Gasteiger partial charge >= 0.3 is 0 Å². The standard InChI is InChI=1S/C15H18FN3OS/c16-8-4-3-7-11-12(8)13(18)14(21-11)15(20)19-10-6-2-1-5-9(10)17/h3-4,7,9-10H,1-2,5-6,17-18H2,(H,19,20). The van der Waals surface area contributed by atoms with E-state index in [-0.39, 0.29) is 23.7 Å². The fourth-order valence-electron chi connectivity index (χ4n) is 2.87. The molecule has 0 aliphatic heterocycles. The van der Waals surface area contributed by atoms with Crippen LogP contribution >= 0.6 is 11.3 Å². The maximum absolute atomic E-state index is 13.8. The fourth-order valence-corrected chi connectivity index (χ4v) is 3.91. The lowest BCUT2D eigenvalue weighted by Crippen LogP contribution is -2.49. The Hall–Kier alpha value is -1.66. The van der Waals surface area contributed by atoms with E-state index in [2.05, 4.69) is 5.32 Å². The third-order valence-corrected chi connectivity index (χ3v) is 5.21. The summed E-state index contributed by atoms with van der Waals surface area (Å²) >= 11 is 1.22. The van der Waals surface area contributed by atoms with Crippen molar-refractivity contribution in [3.05, 3.63) is 28.9 Å². The number of thiophene rings is 1. The van der Waals surface area contributed by atoms with Crippen molar-refractivity contribution in [1.82, 2.24) is 5.32 Å². The summed E-state index contributed by atoms with van der Waals surface area (Å²) in [5, 5.41) is 3.28. The van der Waals surface area contributed by atoms with Crippen LogP contribution in [0.5, 0.6) is 0 Å². The molecule has 1 aromatic carbocycles. The van der Waals surface area contributed by atoms with Gasteiger partial charge in [-0.25, -0.2) is 4.39 Å². The minimum Gasteiger partial charge on any atom is -0.397 e. The normalized spacial score (nSPS) is 22.4. The zero-order valence-corrected chi connectivity index (χ0v) is 12.4. The molecule has 1 fully saturated rings. The maximum atomic E-state index is 13.8. The molecule has 3 rings (SSSR count). The van der Waals surface area contributed by atoms with Crippen molar-refractivity contribution in [2.24, 2.45) is 5.73 Å². The summed E-state index contributed by atoms with van der Waals surface area (Å²) in [4.78, 5) is 12.8. The van der Waals surface area contributed by atoms with Crippen molar-refractivity contribution in [1.29, 1.82) is 0 Å². The minimum atomic E-state index is -0.394. The topological polar surface area (TPSA) is 81.1 Å². The second-order valence-electron chi connectivity index (χ2n) is 5.49. The highest BCUT2D eigenvalue weighted by atomic mass is 32.1. The molecule has 1 aliphatic rings. The van der Waals surface area contributed by atoms with Gasteiger partial charge in [-0.1, -0.05) is 18.9 Å². The molecule has 21 heavy (non-hydrogen) atoms. The molecule has 1 saturated carbocycles. The van der Waals surface area contributed by atoms with Crippen LogP contribution in [0, 0.1) is 5.82 Å². The van der Waals surface area contributed by atoms with Crippen LogP contribution in [0.3, 0.4) is 0 Å². The van der Waals surface area contributed by atoms with Gasteiger partial charge in [0.15, 0.2) is 0 Å². The second-order valence-corrected chi connectivity index (χ2v) is 6.54. The summed E-state index contributed by atoms with van der Waals surface area (Å²) in [6.07, 6.45) is 3.96. The SMILES string of the molecule is Nc1c(C(=O)NC2CCCCC2N)sc2cccc(F)c12. The summed E-state index contributed by atoms with van der Waals surface area (Å²) in [5.74, 6) is -0.648. The van der Waals surface area contributed by atoms with Crippen LogP contribution < -0.4 is 16.8 Å². The van der Waals surface area contributed by atoms with Gasteiger partial charge in [0.1, 0.15) is 10.7 Å². The summed E-state index contributed by atoms with van der Waals surface area (Å²) in [7, 11) is 0. The molecule has 1 heterocycles. The van der Waals surface area contributed by atoms with Crippen LogP contribution in [0.2, 0.25) is 0 Å². The van der Waals surface area contributed by atoms with Crippen molar-refractivity contribution in [3.8, 4) is 0 Å². The molecule has 5 N–H and O–H groups in total. The number of nitrogens with two attached hydrogens (primary N) is 2. The first-order valence-corrected chi connectivity index (χ1v) is 7.92. The quantitative estimate of drug-likeness (QED) is 0.797. The number of nitrogens with one attached hydrogen (secondary N) is 1. The third-order valence-electron chi connectivity index (χ3n) is 4.04. The molecule has 1 amide bonds. The highest BCUT2D eigenvalue weighted by Gasteiger charge is 2.26. The molecule has 2 atom stereocenters. The van der Waals surface area contributed by atoms with E-state index in [0.29, 0.717) is 15.0 Å². The van der Waals surface area contributed by atoms with Crippen LogP contribution in [0.1, 0.15) is 35.4 Å². The third kappa shape index (κ3) is 2.61. The Bertz CT molecular complexity index is 685. The molecular formula is C15H18FN3OS. The number of halogens is 1. The van der Waals surface area contributed by atoms with Crippen LogP contribution in [0.25, 0.3) is 10.1 Å². The van der Waals surface area contributed by atoms with Crippen LogP contribution in [-0.2, 0) is 0 Å². The molecule has 0 radical (unpaired) electrons. The van der Waals surface area contributed by atoms with Gasteiger partial charge in [0.2, 0.25) is 0 Å². The Morgan fingerprint density at radius 3 is 2.81 bits per heavy atom. The summed E-state index contributed by atoms with van der Waals surface area (Å²) in [6, 6.07) is 4.69. The van der Waals surface area contributed by atoms with Crippen molar-refractivity contribution >= 4 is 33.0 Å². The molecular weight excluding hydrogens is 289 g/mol. The lowest BCUT2D eigenvalue weighted by atomic mass is 9.91. The van der Waals surface area contributed by atoms with E-state index >= 15 is 0 Å². The number of amides is 1. The van der Waals surface area contributed by atoms with Gasteiger partial charge in [-0.05, 0) is 25.0 Å². The van der Waals surface area contributed by atoms with Crippen molar-refractivity contribution in [2.75, 3.05) is 5.73 Å². The highest BCUT2D eigenvalue weighted by Crippen LogP contribution is 2.35. The molecule has 2 unspecified atom stereocenters. The van der Waals surface area contributed by atoms with E-state index in [0.717, 1.165) is 25.7 Å². The van der Waals surface area contributed by atoms with E-state index in [4.69, 9.17) is 11.5 Å². The first-order valence-electron chi connectivity index (χ1n) is 7.11. The van der Waals surface area contributed by atoms with Gasteiger partial charge in [-0.15, -0.1) is 11.3 Å². The first kappa shape index (κ1) is 14.3. The summed E-state index contributed by atoms with van der Waals surface area (Å²) in [6.45, 7) is 0. The Kier molecular flexibility index (Phi) is 3.82. The van der Waals surface area contributed by atoms with E-state index in [1.54, 1.807) is 12.1 Å². The Labute approximate surface area is 126 Å². The predicted molar refractivity (Wildman–Crippen MR) is 83.9 cm³/mol. The van der Waals surface area contributed by atoms with Crippen molar-refractivity contribution < 1.29 is 9.18 Å².